The van der Waals surface area contributed by atoms with Crippen molar-refractivity contribution in [2.45, 2.75) is 20.0 Å². The van der Waals surface area contributed by atoms with Crippen molar-refractivity contribution in [3.8, 4) is 5.75 Å². The van der Waals surface area contributed by atoms with Crippen LogP contribution in [0.1, 0.15) is 19.4 Å². The van der Waals surface area contributed by atoms with Gasteiger partial charge in [-0.2, -0.15) is 0 Å². The number of rotatable bonds is 6. The number of hydrogen-bond acceptors (Lipinski definition) is 3. The van der Waals surface area contributed by atoms with Crippen molar-refractivity contribution in [1.82, 2.24) is 5.32 Å². The predicted octanol–water partition coefficient (Wildman–Crippen LogP) is 1.69. The smallest absolute Gasteiger partial charge is 0.322 e. The summed E-state index contributed by atoms with van der Waals surface area (Å²) in [4.78, 5) is 21.6. The van der Waals surface area contributed by atoms with Crippen LogP contribution in [-0.2, 0) is 9.59 Å². The Balaban J connectivity index is 2.60. The van der Waals surface area contributed by atoms with Gasteiger partial charge in [0, 0.05) is 6.08 Å². The van der Waals surface area contributed by atoms with E-state index in [-0.39, 0.29) is 12.6 Å². The van der Waals surface area contributed by atoms with Crippen LogP contribution >= 0.6 is 0 Å². The number of amides is 1. The summed E-state index contributed by atoms with van der Waals surface area (Å²) >= 11 is 0. The fraction of sp³-hybridized carbons (Fsp3) is 0.286. The standard InChI is InChI=1S/C14H17NO4/c1-10(2)19-12-5-3-4-11(8-12)6-7-13(16)15-9-14(17)18/h3-8,10H,9H2,1-2H3,(H,15,16)(H,17,18)/b7-6+. The molecule has 1 aromatic carbocycles. The first kappa shape index (κ1) is 14.8. The Labute approximate surface area is 111 Å². The van der Waals surface area contributed by atoms with Gasteiger partial charge in [-0.05, 0) is 37.6 Å². The van der Waals surface area contributed by atoms with Gasteiger partial charge in [0.05, 0.1) is 6.10 Å². The Kier molecular flexibility index (Phi) is 5.60. The van der Waals surface area contributed by atoms with E-state index < -0.39 is 11.9 Å². The second-order valence-corrected chi connectivity index (χ2v) is 4.18. The summed E-state index contributed by atoms with van der Waals surface area (Å²) in [5.41, 5.74) is 0.809. The third-order valence-electron chi connectivity index (χ3n) is 2.07. The Morgan fingerprint density at radius 2 is 2.16 bits per heavy atom. The minimum Gasteiger partial charge on any atom is -0.491 e. The van der Waals surface area contributed by atoms with E-state index >= 15 is 0 Å². The number of hydrogen-bond donors (Lipinski definition) is 2. The van der Waals surface area contributed by atoms with E-state index in [1.807, 2.05) is 32.0 Å². The zero-order valence-electron chi connectivity index (χ0n) is 10.9. The van der Waals surface area contributed by atoms with Gasteiger partial charge < -0.3 is 15.2 Å². The Hall–Kier alpha value is -2.30. The number of carboxylic acids is 1. The van der Waals surface area contributed by atoms with Crippen molar-refractivity contribution in [2.24, 2.45) is 0 Å². The van der Waals surface area contributed by atoms with Crippen LogP contribution in [0.15, 0.2) is 30.3 Å². The summed E-state index contributed by atoms with van der Waals surface area (Å²) in [6, 6.07) is 7.30. The summed E-state index contributed by atoms with van der Waals surface area (Å²) in [5.74, 6) is -0.797. The van der Waals surface area contributed by atoms with Crippen LogP contribution < -0.4 is 10.1 Å². The summed E-state index contributed by atoms with van der Waals surface area (Å²) in [7, 11) is 0. The summed E-state index contributed by atoms with van der Waals surface area (Å²) in [5, 5.41) is 10.7. The third kappa shape index (κ3) is 6.26. The molecule has 0 aromatic heterocycles. The lowest BCUT2D eigenvalue weighted by molar-refractivity contribution is -0.137. The number of carbonyl (C=O) groups excluding carboxylic acids is 1. The molecule has 1 amide bonds. The van der Waals surface area contributed by atoms with Crippen molar-refractivity contribution in [2.75, 3.05) is 6.54 Å². The molecule has 19 heavy (non-hydrogen) atoms. The highest BCUT2D eigenvalue weighted by atomic mass is 16.5. The number of benzene rings is 1. The highest BCUT2D eigenvalue weighted by Crippen LogP contribution is 2.15. The summed E-state index contributed by atoms with van der Waals surface area (Å²) in [6.45, 7) is 3.48. The average molecular weight is 263 g/mol. The van der Waals surface area contributed by atoms with E-state index in [0.717, 1.165) is 11.3 Å². The first-order chi connectivity index (χ1) is 8.97. The van der Waals surface area contributed by atoms with Crippen LogP contribution in [0.4, 0.5) is 0 Å². The van der Waals surface area contributed by atoms with Gasteiger partial charge in [0.1, 0.15) is 12.3 Å². The van der Waals surface area contributed by atoms with Gasteiger partial charge in [-0.3, -0.25) is 9.59 Å². The largest absolute Gasteiger partial charge is 0.491 e. The number of carboxylic acid groups (broad SMARTS) is 1. The van der Waals surface area contributed by atoms with Crippen LogP contribution in [0.2, 0.25) is 0 Å². The maximum absolute atomic E-state index is 11.3. The first-order valence-electron chi connectivity index (χ1n) is 5.92. The number of nitrogens with one attached hydrogen (secondary N) is 1. The minimum atomic E-state index is -1.07. The number of ether oxygens (including phenoxy) is 1. The Morgan fingerprint density at radius 3 is 2.79 bits per heavy atom. The molecule has 102 valence electrons. The quantitative estimate of drug-likeness (QED) is 0.766. The summed E-state index contributed by atoms with van der Waals surface area (Å²) < 4.78 is 5.53. The first-order valence-corrected chi connectivity index (χ1v) is 5.92. The second kappa shape index (κ2) is 7.20. The lowest BCUT2D eigenvalue weighted by Gasteiger charge is -2.09. The molecule has 0 saturated carbocycles. The third-order valence-corrected chi connectivity index (χ3v) is 2.07. The molecule has 0 aliphatic rings. The normalized spacial score (nSPS) is 10.7. The van der Waals surface area contributed by atoms with Gasteiger partial charge in [-0.25, -0.2) is 0 Å². The molecule has 0 saturated heterocycles. The molecule has 0 unspecified atom stereocenters. The molecule has 0 fully saturated rings. The summed E-state index contributed by atoms with van der Waals surface area (Å²) in [6.07, 6.45) is 2.97. The topological polar surface area (TPSA) is 75.6 Å². The zero-order valence-corrected chi connectivity index (χ0v) is 10.9. The molecule has 0 atom stereocenters. The van der Waals surface area contributed by atoms with Crippen molar-refractivity contribution in [3.05, 3.63) is 35.9 Å². The van der Waals surface area contributed by atoms with Gasteiger partial charge in [0.25, 0.3) is 0 Å². The lowest BCUT2D eigenvalue weighted by Crippen LogP contribution is -2.27. The Morgan fingerprint density at radius 1 is 1.42 bits per heavy atom. The molecule has 5 heteroatoms. The average Bonchev–Trinajstić information content (AvgIpc) is 2.33. The predicted molar refractivity (Wildman–Crippen MR) is 71.9 cm³/mol. The molecule has 0 bridgehead atoms. The molecule has 0 radical (unpaired) electrons. The van der Waals surface area contributed by atoms with Gasteiger partial charge in [-0.1, -0.05) is 12.1 Å². The maximum atomic E-state index is 11.3. The van der Waals surface area contributed by atoms with Gasteiger partial charge in [0.15, 0.2) is 0 Å². The molecule has 5 nitrogen and oxygen atoms in total. The molecular weight excluding hydrogens is 246 g/mol. The molecule has 1 rings (SSSR count). The molecule has 0 aliphatic heterocycles. The monoisotopic (exact) mass is 263 g/mol. The van der Waals surface area contributed by atoms with Gasteiger partial charge >= 0.3 is 5.97 Å². The molecule has 1 aromatic rings. The molecule has 0 spiro atoms. The highest BCUT2D eigenvalue weighted by molar-refractivity contribution is 5.93. The fourth-order valence-corrected chi connectivity index (χ4v) is 1.36. The molecular formula is C14H17NO4. The Bertz CT molecular complexity index is 480. The van der Waals surface area contributed by atoms with Crippen molar-refractivity contribution in [3.63, 3.8) is 0 Å². The van der Waals surface area contributed by atoms with E-state index in [1.54, 1.807) is 12.1 Å². The van der Waals surface area contributed by atoms with Crippen LogP contribution in [0.3, 0.4) is 0 Å². The van der Waals surface area contributed by atoms with Crippen molar-refractivity contribution >= 4 is 18.0 Å². The zero-order chi connectivity index (χ0) is 14.3. The number of carbonyl (C=O) groups is 2. The van der Waals surface area contributed by atoms with E-state index in [4.69, 9.17) is 9.84 Å². The van der Waals surface area contributed by atoms with Crippen molar-refractivity contribution < 1.29 is 19.4 Å². The van der Waals surface area contributed by atoms with E-state index in [1.165, 1.54) is 6.08 Å². The fourth-order valence-electron chi connectivity index (χ4n) is 1.36. The molecule has 0 aliphatic carbocycles. The molecule has 2 N–H and O–H groups in total. The lowest BCUT2D eigenvalue weighted by atomic mass is 10.2. The highest BCUT2D eigenvalue weighted by Gasteiger charge is 2.00. The van der Waals surface area contributed by atoms with Gasteiger partial charge in [0.2, 0.25) is 5.91 Å². The SMILES string of the molecule is CC(C)Oc1cccc(/C=C/C(=O)NCC(=O)O)c1. The van der Waals surface area contributed by atoms with E-state index in [9.17, 15) is 9.59 Å². The second-order valence-electron chi connectivity index (χ2n) is 4.18. The van der Waals surface area contributed by atoms with Crippen molar-refractivity contribution in [1.29, 1.82) is 0 Å². The minimum absolute atomic E-state index is 0.0816. The maximum Gasteiger partial charge on any atom is 0.322 e. The number of aliphatic carboxylic acids is 1. The van der Waals surface area contributed by atoms with E-state index in [0.29, 0.717) is 0 Å². The van der Waals surface area contributed by atoms with Crippen LogP contribution in [0.5, 0.6) is 5.75 Å². The van der Waals surface area contributed by atoms with Crippen LogP contribution in [-0.4, -0.2) is 29.6 Å². The van der Waals surface area contributed by atoms with Crippen LogP contribution in [0.25, 0.3) is 6.08 Å². The van der Waals surface area contributed by atoms with Gasteiger partial charge in [-0.15, -0.1) is 0 Å². The van der Waals surface area contributed by atoms with E-state index in [2.05, 4.69) is 5.32 Å². The molecule has 0 heterocycles. The van der Waals surface area contributed by atoms with Crippen LogP contribution in [0, 0.1) is 0 Å².